The molecule has 0 saturated carbocycles. The van der Waals surface area contributed by atoms with Crippen molar-refractivity contribution in [2.75, 3.05) is 6.61 Å². The first-order valence-corrected chi connectivity index (χ1v) is 16.5. The van der Waals surface area contributed by atoms with Crippen LogP contribution in [0.15, 0.2) is 78.9 Å². The molecule has 1 aliphatic rings. The Morgan fingerprint density at radius 2 is 1.43 bits per heavy atom. The zero-order chi connectivity index (χ0) is 29.0. The van der Waals surface area contributed by atoms with Gasteiger partial charge < -0.3 is 14.3 Å². The van der Waals surface area contributed by atoms with Crippen molar-refractivity contribution in [3.05, 3.63) is 90.0 Å². The van der Waals surface area contributed by atoms with Crippen LogP contribution >= 0.6 is 0 Å². The van der Waals surface area contributed by atoms with E-state index < -0.39 is 25.7 Å². The molecule has 1 aliphatic heterocycles. The maximum atomic E-state index is 10.2. The van der Waals surface area contributed by atoms with E-state index in [2.05, 4.69) is 127 Å². The maximum Gasteiger partial charge on any atom is 0.283 e. The van der Waals surface area contributed by atoms with Gasteiger partial charge in [-0.1, -0.05) is 120 Å². The predicted octanol–water partition coefficient (Wildman–Crippen LogP) is 7.23. The number of aliphatic hydroxyl groups is 1. The molecule has 0 bridgehead atoms. The van der Waals surface area contributed by atoms with Crippen LogP contribution in [-0.2, 0) is 16.3 Å². The van der Waals surface area contributed by atoms with E-state index in [0.29, 0.717) is 12.8 Å². The quantitative estimate of drug-likeness (QED) is 0.200. The lowest BCUT2D eigenvalue weighted by Crippen LogP contribution is -2.74. The van der Waals surface area contributed by atoms with Crippen molar-refractivity contribution in [1.82, 2.24) is 0 Å². The van der Waals surface area contributed by atoms with Gasteiger partial charge in [-0.2, -0.15) is 0 Å². The van der Waals surface area contributed by atoms with E-state index in [4.69, 9.17) is 9.16 Å². The van der Waals surface area contributed by atoms with Crippen LogP contribution in [0.3, 0.4) is 0 Å². The Balaban J connectivity index is 1.94. The number of aryl methyl sites for hydroxylation is 1. The molecule has 2 atom stereocenters. The number of unbranched alkanes of at least 4 members (excludes halogenated alkanes) is 2. The molecule has 40 heavy (non-hydrogen) atoms. The first-order chi connectivity index (χ1) is 19.0. The molecular formula is C36H49O3Si. The molecule has 3 aromatic rings. The highest BCUT2D eigenvalue weighted by Gasteiger charge is 2.67. The molecule has 4 rings (SSSR count). The number of aliphatic hydroxyl groups excluding tert-OH is 1. The standard InChI is InChI=1S/C36H49O3Si/c1-8-9-12-18-28-23-24-31-32(27-28)38-34(5,6)36(25-17-26-37,35(31,7)33(2,3)4)39-40(29-19-13-10-14-20-29)30-21-15-11-16-22-30/h10-11,13-16,19-24,27,37H,8-9,12,17-18,25-26H2,1-7H3. The van der Waals surface area contributed by atoms with Crippen molar-refractivity contribution in [3.8, 4) is 5.75 Å². The minimum atomic E-state index is -1.67. The van der Waals surface area contributed by atoms with Crippen molar-refractivity contribution in [2.24, 2.45) is 5.41 Å². The second-order valence-electron chi connectivity index (χ2n) is 13.1. The van der Waals surface area contributed by atoms with E-state index in [1.165, 1.54) is 40.8 Å². The summed E-state index contributed by atoms with van der Waals surface area (Å²) >= 11 is 0. The third-order valence-electron chi connectivity index (χ3n) is 9.33. The van der Waals surface area contributed by atoms with Gasteiger partial charge in [0.15, 0.2) is 0 Å². The van der Waals surface area contributed by atoms with Gasteiger partial charge in [-0.05, 0) is 66.9 Å². The van der Waals surface area contributed by atoms with Crippen LogP contribution in [0.1, 0.15) is 91.7 Å². The SMILES string of the molecule is CCCCCc1ccc2c(c1)OC(C)(C)C(CCCO)(O[Si](c1ccccc1)c1ccccc1)C2(C)C(C)(C)C. The average Bonchev–Trinajstić information content (AvgIpc) is 2.93. The second-order valence-corrected chi connectivity index (χ2v) is 15.1. The minimum Gasteiger partial charge on any atom is -0.485 e. The van der Waals surface area contributed by atoms with Gasteiger partial charge in [0, 0.05) is 17.6 Å². The largest absolute Gasteiger partial charge is 0.485 e. The van der Waals surface area contributed by atoms with Crippen molar-refractivity contribution in [2.45, 2.75) is 104 Å². The molecular weight excluding hydrogens is 508 g/mol. The maximum absolute atomic E-state index is 10.2. The Labute approximate surface area is 244 Å². The topological polar surface area (TPSA) is 38.7 Å². The van der Waals surface area contributed by atoms with E-state index in [9.17, 15) is 5.11 Å². The lowest BCUT2D eigenvalue weighted by molar-refractivity contribution is -0.189. The van der Waals surface area contributed by atoms with Crippen LogP contribution in [-0.4, -0.2) is 32.0 Å². The molecule has 0 aromatic heterocycles. The fourth-order valence-electron chi connectivity index (χ4n) is 6.78. The Morgan fingerprint density at radius 3 is 1.95 bits per heavy atom. The zero-order valence-electron chi connectivity index (χ0n) is 25.7. The van der Waals surface area contributed by atoms with Crippen LogP contribution in [0.5, 0.6) is 5.75 Å². The second kappa shape index (κ2) is 12.2. The normalized spacial score (nSPS) is 22.1. The number of hydrogen-bond acceptors (Lipinski definition) is 3. The van der Waals surface area contributed by atoms with Gasteiger partial charge in [-0.15, -0.1) is 0 Å². The van der Waals surface area contributed by atoms with Gasteiger partial charge in [0.25, 0.3) is 9.04 Å². The summed E-state index contributed by atoms with van der Waals surface area (Å²) in [6.45, 7) is 16.2. The van der Waals surface area contributed by atoms with Crippen molar-refractivity contribution in [1.29, 1.82) is 0 Å². The molecule has 0 fully saturated rings. The Bertz CT molecular complexity index is 1190. The molecule has 1 N–H and O–H groups in total. The number of ether oxygens (including phenoxy) is 1. The first-order valence-electron chi connectivity index (χ1n) is 15.1. The summed E-state index contributed by atoms with van der Waals surface area (Å²) in [5.74, 6) is 0.979. The third kappa shape index (κ3) is 5.55. The summed E-state index contributed by atoms with van der Waals surface area (Å²) in [4.78, 5) is 0. The summed E-state index contributed by atoms with van der Waals surface area (Å²) in [6.07, 6.45) is 6.05. The lowest BCUT2D eigenvalue weighted by atomic mass is 9.49. The molecule has 215 valence electrons. The number of benzene rings is 3. The number of fused-ring (bicyclic) bond motifs is 1. The molecule has 4 heteroatoms. The van der Waals surface area contributed by atoms with E-state index in [1.807, 2.05) is 0 Å². The smallest absolute Gasteiger partial charge is 0.283 e. The molecule has 0 saturated heterocycles. The first kappa shape index (κ1) is 30.6. The minimum absolute atomic E-state index is 0.114. The number of rotatable bonds is 11. The van der Waals surface area contributed by atoms with Crippen LogP contribution in [0.25, 0.3) is 0 Å². The lowest BCUT2D eigenvalue weighted by Gasteiger charge is -2.65. The van der Waals surface area contributed by atoms with E-state index in [0.717, 1.165) is 12.2 Å². The summed E-state index contributed by atoms with van der Waals surface area (Å²) in [5, 5.41) is 12.6. The fraction of sp³-hybridized carbons (Fsp3) is 0.500. The van der Waals surface area contributed by atoms with Gasteiger partial charge in [-0.25, -0.2) is 0 Å². The molecule has 3 aromatic carbocycles. The van der Waals surface area contributed by atoms with E-state index >= 15 is 0 Å². The van der Waals surface area contributed by atoms with Gasteiger partial charge in [0.1, 0.15) is 17.0 Å². The van der Waals surface area contributed by atoms with E-state index in [1.54, 1.807) is 0 Å². The number of hydrogen-bond donors (Lipinski definition) is 1. The van der Waals surface area contributed by atoms with Crippen molar-refractivity contribution < 1.29 is 14.3 Å². The summed E-state index contributed by atoms with van der Waals surface area (Å²) in [5.41, 5.74) is 0.604. The van der Waals surface area contributed by atoms with Crippen molar-refractivity contribution >= 4 is 19.4 Å². The Morgan fingerprint density at radius 1 is 0.825 bits per heavy atom. The van der Waals surface area contributed by atoms with Crippen LogP contribution in [0, 0.1) is 5.41 Å². The van der Waals surface area contributed by atoms with Gasteiger partial charge in [0.2, 0.25) is 0 Å². The van der Waals surface area contributed by atoms with Crippen LogP contribution < -0.4 is 15.1 Å². The van der Waals surface area contributed by atoms with Crippen LogP contribution in [0.4, 0.5) is 0 Å². The van der Waals surface area contributed by atoms with Crippen LogP contribution in [0.2, 0.25) is 0 Å². The van der Waals surface area contributed by atoms with Crippen molar-refractivity contribution in [3.63, 3.8) is 0 Å². The summed E-state index contributed by atoms with van der Waals surface area (Å²) < 4.78 is 14.8. The molecule has 0 spiro atoms. The summed E-state index contributed by atoms with van der Waals surface area (Å²) in [6, 6.07) is 28.2. The highest BCUT2D eigenvalue weighted by molar-refractivity contribution is 6.80. The van der Waals surface area contributed by atoms with Gasteiger partial charge >= 0.3 is 0 Å². The predicted molar refractivity (Wildman–Crippen MR) is 169 cm³/mol. The average molecular weight is 558 g/mol. The van der Waals surface area contributed by atoms with Gasteiger partial charge in [0.05, 0.1) is 0 Å². The zero-order valence-corrected chi connectivity index (χ0v) is 26.7. The molecule has 1 radical (unpaired) electrons. The molecule has 3 nitrogen and oxygen atoms in total. The monoisotopic (exact) mass is 557 g/mol. The highest BCUT2D eigenvalue weighted by atomic mass is 28.3. The third-order valence-corrected chi connectivity index (χ3v) is 11.6. The molecule has 0 aliphatic carbocycles. The van der Waals surface area contributed by atoms with Gasteiger partial charge in [-0.3, -0.25) is 0 Å². The Hall–Kier alpha value is -2.40. The molecule has 2 unspecified atom stereocenters. The van der Waals surface area contributed by atoms with E-state index in [-0.39, 0.29) is 12.0 Å². The molecule has 1 heterocycles. The Kier molecular flexibility index (Phi) is 9.34. The highest BCUT2D eigenvalue weighted by Crippen LogP contribution is 2.62. The molecule has 0 amide bonds. The fourth-order valence-corrected chi connectivity index (χ4v) is 9.24. The summed E-state index contributed by atoms with van der Waals surface area (Å²) in [7, 11) is -1.67.